The van der Waals surface area contributed by atoms with Crippen molar-refractivity contribution in [3.05, 3.63) is 29.3 Å². The van der Waals surface area contributed by atoms with Crippen LogP contribution in [0.1, 0.15) is 44.7 Å². The van der Waals surface area contributed by atoms with Gasteiger partial charge in [0.25, 0.3) is 0 Å². The number of rotatable bonds is 8. The Balaban J connectivity index is 3.01. The summed E-state index contributed by atoms with van der Waals surface area (Å²) in [5, 5.41) is 9.17. The van der Waals surface area contributed by atoms with Gasteiger partial charge in [0.1, 0.15) is 0 Å². The minimum atomic E-state index is -3.51. The maximum absolute atomic E-state index is 12.4. The van der Waals surface area contributed by atoms with Gasteiger partial charge in [-0.25, -0.2) is 13.1 Å². The van der Waals surface area contributed by atoms with Crippen molar-refractivity contribution >= 4 is 10.0 Å². The molecule has 2 N–H and O–H groups in total. The smallest absolute Gasteiger partial charge is 0.240 e. The van der Waals surface area contributed by atoms with E-state index in [0.29, 0.717) is 24.4 Å². The van der Waals surface area contributed by atoms with Crippen molar-refractivity contribution in [3.8, 4) is 0 Å². The zero-order valence-corrected chi connectivity index (χ0v) is 13.3. The van der Waals surface area contributed by atoms with Gasteiger partial charge in [-0.3, -0.25) is 0 Å². The highest BCUT2D eigenvalue weighted by Crippen LogP contribution is 2.19. The summed E-state index contributed by atoms with van der Waals surface area (Å²) >= 11 is 0. The van der Waals surface area contributed by atoms with Gasteiger partial charge in [-0.2, -0.15) is 0 Å². The van der Waals surface area contributed by atoms with E-state index in [9.17, 15) is 13.5 Å². The standard InChI is InChI=1S/C15H25NO3S/c1-4-12(5-2)10-16-20(18,19)15-9-13(11-17)7-8-14(15)6-3/h7-9,12,16-17H,4-6,10-11H2,1-3H3. The third-order valence-electron chi connectivity index (χ3n) is 3.70. The molecule has 0 saturated carbocycles. The largest absolute Gasteiger partial charge is 0.392 e. The van der Waals surface area contributed by atoms with Crippen molar-refractivity contribution in [1.29, 1.82) is 0 Å². The molecule has 1 aromatic carbocycles. The van der Waals surface area contributed by atoms with Crippen LogP contribution in [-0.4, -0.2) is 20.1 Å². The molecule has 5 heteroatoms. The van der Waals surface area contributed by atoms with E-state index < -0.39 is 10.0 Å². The zero-order valence-electron chi connectivity index (χ0n) is 12.5. The molecule has 0 radical (unpaired) electrons. The number of aliphatic hydroxyl groups excluding tert-OH is 1. The molecule has 0 aliphatic rings. The minimum Gasteiger partial charge on any atom is -0.392 e. The van der Waals surface area contributed by atoms with Crippen LogP contribution in [0.25, 0.3) is 0 Å². The second-order valence-corrected chi connectivity index (χ2v) is 6.72. The summed E-state index contributed by atoms with van der Waals surface area (Å²) in [5.74, 6) is 0.357. The van der Waals surface area contributed by atoms with E-state index in [-0.39, 0.29) is 11.5 Å². The number of aliphatic hydroxyl groups is 1. The Bertz CT molecular complexity index is 522. The number of nitrogens with one attached hydrogen (secondary N) is 1. The first-order valence-corrected chi connectivity index (χ1v) is 8.69. The third kappa shape index (κ3) is 4.30. The van der Waals surface area contributed by atoms with Crippen molar-refractivity contribution < 1.29 is 13.5 Å². The van der Waals surface area contributed by atoms with Crippen LogP contribution < -0.4 is 4.72 Å². The first-order valence-electron chi connectivity index (χ1n) is 7.20. The van der Waals surface area contributed by atoms with Crippen molar-refractivity contribution in [1.82, 2.24) is 4.72 Å². The fourth-order valence-electron chi connectivity index (χ4n) is 2.12. The topological polar surface area (TPSA) is 66.4 Å². The molecule has 0 spiro atoms. The summed E-state index contributed by atoms with van der Waals surface area (Å²) < 4.78 is 27.5. The normalized spacial score (nSPS) is 12.1. The fourth-order valence-corrected chi connectivity index (χ4v) is 3.60. The number of benzene rings is 1. The third-order valence-corrected chi connectivity index (χ3v) is 5.21. The van der Waals surface area contributed by atoms with E-state index in [2.05, 4.69) is 18.6 Å². The van der Waals surface area contributed by atoms with Crippen molar-refractivity contribution in [2.45, 2.75) is 51.5 Å². The van der Waals surface area contributed by atoms with Gasteiger partial charge in [0.15, 0.2) is 0 Å². The number of sulfonamides is 1. The Labute approximate surface area is 122 Å². The summed E-state index contributed by atoms with van der Waals surface area (Å²) in [7, 11) is -3.51. The average Bonchev–Trinajstić information content (AvgIpc) is 2.47. The van der Waals surface area contributed by atoms with Crippen LogP contribution in [0.15, 0.2) is 23.1 Å². The summed E-state index contributed by atoms with van der Waals surface area (Å²) in [6.07, 6.45) is 2.56. The second kappa shape index (κ2) is 7.76. The van der Waals surface area contributed by atoms with E-state index in [0.717, 1.165) is 18.4 Å². The van der Waals surface area contributed by atoms with Crippen LogP contribution in [-0.2, 0) is 23.1 Å². The molecule has 0 bridgehead atoms. The quantitative estimate of drug-likeness (QED) is 0.775. The van der Waals surface area contributed by atoms with Gasteiger partial charge in [0, 0.05) is 6.54 Å². The van der Waals surface area contributed by atoms with E-state index in [4.69, 9.17) is 0 Å². The van der Waals surface area contributed by atoms with Gasteiger partial charge in [-0.1, -0.05) is 45.7 Å². The molecule has 0 aromatic heterocycles. The molecule has 0 heterocycles. The molecule has 0 unspecified atom stereocenters. The van der Waals surface area contributed by atoms with E-state index in [1.807, 2.05) is 6.92 Å². The minimum absolute atomic E-state index is 0.154. The van der Waals surface area contributed by atoms with Crippen molar-refractivity contribution in [3.63, 3.8) is 0 Å². The lowest BCUT2D eigenvalue weighted by molar-refractivity contribution is 0.281. The Hall–Kier alpha value is -0.910. The molecule has 20 heavy (non-hydrogen) atoms. The molecular formula is C15H25NO3S. The summed E-state index contributed by atoms with van der Waals surface area (Å²) in [5.41, 5.74) is 1.39. The van der Waals surface area contributed by atoms with Crippen LogP contribution in [0.5, 0.6) is 0 Å². The monoisotopic (exact) mass is 299 g/mol. The highest BCUT2D eigenvalue weighted by molar-refractivity contribution is 7.89. The Morgan fingerprint density at radius 2 is 1.85 bits per heavy atom. The lowest BCUT2D eigenvalue weighted by Crippen LogP contribution is -2.29. The molecule has 0 amide bonds. The highest BCUT2D eigenvalue weighted by Gasteiger charge is 2.19. The van der Waals surface area contributed by atoms with Crippen LogP contribution in [0.3, 0.4) is 0 Å². The van der Waals surface area contributed by atoms with Gasteiger partial charge in [-0.05, 0) is 29.5 Å². The van der Waals surface area contributed by atoms with Gasteiger partial charge in [0.05, 0.1) is 11.5 Å². The lowest BCUT2D eigenvalue weighted by Gasteiger charge is -2.15. The van der Waals surface area contributed by atoms with Crippen LogP contribution in [0.4, 0.5) is 0 Å². The summed E-state index contributed by atoms with van der Waals surface area (Å²) in [6.45, 7) is 6.35. The molecule has 114 valence electrons. The van der Waals surface area contributed by atoms with Crippen LogP contribution >= 0.6 is 0 Å². The highest BCUT2D eigenvalue weighted by atomic mass is 32.2. The van der Waals surface area contributed by atoms with E-state index in [1.54, 1.807) is 18.2 Å². The van der Waals surface area contributed by atoms with Crippen molar-refractivity contribution in [2.75, 3.05) is 6.54 Å². The predicted molar refractivity (Wildman–Crippen MR) is 81.0 cm³/mol. The molecule has 0 aliphatic carbocycles. The average molecular weight is 299 g/mol. The molecule has 0 aliphatic heterocycles. The first kappa shape index (κ1) is 17.1. The Morgan fingerprint density at radius 3 is 2.35 bits per heavy atom. The number of hydrogen-bond donors (Lipinski definition) is 2. The number of aryl methyl sites for hydroxylation is 1. The van der Waals surface area contributed by atoms with Gasteiger partial charge >= 0.3 is 0 Å². The van der Waals surface area contributed by atoms with Gasteiger partial charge in [-0.15, -0.1) is 0 Å². The molecule has 1 rings (SSSR count). The molecule has 0 fully saturated rings. The van der Waals surface area contributed by atoms with E-state index >= 15 is 0 Å². The molecular weight excluding hydrogens is 274 g/mol. The predicted octanol–water partition coefficient (Wildman–Crippen LogP) is 2.46. The summed E-state index contributed by atoms with van der Waals surface area (Å²) in [4.78, 5) is 0.289. The SMILES string of the molecule is CCc1ccc(CO)cc1S(=O)(=O)NCC(CC)CC. The molecule has 0 atom stereocenters. The van der Waals surface area contributed by atoms with E-state index in [1.165, 1.54) is 0 Å². The molecule has 1 aromatic rings. The Kier molecular flexibility index (Phi) is 6.65. The van der Waals surface area contributed by atoms with Gasteiger partial charge < -0.3 is 5.11 Å². The first-order chi connectivity index (χ1) is 9.48. The lowest BCUT2D eigenvalue weighted by atomic mass is 10.0. The maximum Gasteiger partial charge on any atom is 0.240 e. The second-order valence-electron chi connectivity index (χ2n) is 4.99. The number of hydrogen-bond acceptors (Lipinski definition) is 3. The maximum atomic E-state index is 12.4. The molecule has 4 nitrogen and oxygen atoms in total. The van der Waals surface area contributed by atoms with Gasteiger partial charge in [0.2, 0.25) is 10.0 Å². The summed E-state index contributed by atoms with van der Waals surface area (Å²) in [6, 6.07) is 5.10. The Morgan fingerprint density at radius 1 is 1.20 bits per heavy atom. The van der Waals surface area contributed by atoms with Crippen molar-refractivity contribution in [2.24, 2.45) is 5.92 Å². The molecule has 0 saturated heterocycles. The van der Waals surface area contributed by atoms with Crippen LogP contribution in [0, 0.1) is 5.92 Å². The van der Waals surface area contributed by atoms with Crippen LogP contribution in [0.2, 0.25) is 0 Å². The fraction of sp³-hybridized carbons (Fsp3) is 0.600. The zero-order chi connectivity index (χ0) is 15.2.